The van der Waals surface area contributed by atoms with Gasteiger partial charge in [-0.1, -0.05) is 23.8 Å². The minimum Gasteiger partial charge on any atom is -0.464 e. The van der Waals surface area contributed by atoms with Crippen molar-refractivity contribution in [3.05, 3.63) is 42.5 Å². The van der Waals surface area contributed by atoms with Gasteiger partial charge >= 0.3 is 11.9 Å². The Hall–Kier alpha value is -2.19. The SMILES string of the molecule is C=CC1CN(S(=O)(=O)c2ccc(C)cc2)C1(C(=O)OCC)C(=O)OCC. The standard InChI is InChI=1S/C18H23NO6S/c1-5-14-12-19(26(22,23)15-10-8-13(4)9-11-15)18(14,16(20)24-6-2)17(21)25-7-3/h5,8-11,14H,1,6-7,12H2,2-4H3. The highest BCUT2D eigenvalue weighted by atomic mass is 32.2. The normalized spacial score (nSPS) is 19.3. The minimum absolute atomic E-state index is 0.00225. The van der Waals surface area contributed by atoms with E-state index in [0.717, 1.165) is 9.87 Å². The molecule has 1 saturated heterocycles. The van der Waals surface area contributed by atoms with Crippen LogP contribution >= 0.6 is 0 Å². The van der Waals surface area contributed by atoms with Crippen molar-refractivity contribution >= 4 is 22.0 Å². The molecule has 0 bridgehead atoms. The largest absolute Gasteiger partial charge is 0.464 e. The van der Waals surface area contributed by atoms with Gasteiger partial charge in [-0.15, -0.1) is 6.58 Å². The van der Waals surface area contributed by atoms with Gasteiger partial charge in [0.25, 0.3) is 0 Å². The smallest absolute Gasteiger partial charge is 0.340 e. The van der Waals surface area contributed by atoms with E-state index >= 15 is 0 Å². The molecular formula is C18H23NO6S. The van der Waals surface area contributed by atoms with Crippen LogP contribution < -0.4 is 0 Å². The summed E-state index contributed by atoms with van der Waals surface area (Å²) in [5.41, 5.74) is -1.20. The number of benzene rings is 1. The summed E-state index contributed by atoms with van der Waals surface area (Å²) in [7, 11) is -4.11. The molecule has 142 valence electrons. The maximum absolute atomic E-state index is 13.1. The molecule has 0 N–H and O–H groups in total. The van der Waals surface area contributed by atoms with Crippen LogP contribution in [0.3, 0.4) is 0 Å². The molecule has 0 saturated carbocycles. The number of carbonyl (C=O) groups is 2. The van der Waals surface area contributed by atoms with E-state index in [1.807, 2.05) is 6.92 Å². The van der Waals surface area contributed by atoms with Gasteiger partial charge in [0, 0.05) is 12.5 Å². The number of esters is 2. The van der Waals surface area contributed by atoms with Crippen LogP contribution in [0.2, 0.25) is 0 Å². The van der Waals surface area contributed by atoms with E-state index in [2.05, 4.69) is 6.58 Å². The first-order valence-corrected chi connectivity index (χ1v) is 9.77. The molecule has 1 aliphatic rings. The molecule has 0 amide bonds. The van der Waals surface area contributed by atoms with E-state index in [1.54, 1.807) is 26.0 Å². The summed E-state index contributed by atoms with van der Waals surface area (Å²) in [6.45, 7) is 8.56. The monoisotopic (exact) mass is 381 g/mol. The van der Waals surface area contributed by atoms with Crippen LogP contribution in [-0.4, -0.2) is 50.0 Å². The Labute approximate surface area is 153 Å². The van der Waals surface area contributed by atoms with Crippen LogP contribution in [0.5, 0.6) is 0 Å². The molecule has 7 nitrogen and oxygen atoms in total. The highest BCUT2D eigenvalue weighted by molar-refractivity contribution is 7.89. The molecule has 1 aromatic carbocycles. The number of ether oxygens (including phenoxy) is 2. The summed E-state index contributed by atoms with van der Waals surface area (Å²) < 4.78 is 37.1. The number of sulfonamides is 1. The first-order chi connectivity index (χ1) is 12.3. The molecule has 1 unspecified atom stereocenters. The Morgan fingerprint density at radius 2 is 1.69 bits per heavy atom. The zero-order chi connectivity index (χ0) is 19.5. The molecule has 8 heteroatoms. The van der Waals surface area contributed by atoms with Crippen LogP contribution in [0, 0.1) is 12.8 Å². The second-order valence-corrected chi connectivity index (χ2v) is 7.76. The lowest BCUT2D eigenvalue weighted by molar-refractivity contribution is -0.184. The molecule has 1 atom stereocenters. The average Bonchev–Trinajstić information content (AvgIpc) is 2.55. The molecule has 2 rings (SSSR count). The van der Waals surface area contributed by atoms with Crippen molar-refractivity contribution in [3.63, 3.8) is 0 Å². The molecular weight excluding hydrogens is 358 g/mol. The maximum atomic E-state index is 13.1. The molecule has 26 heavy (non-hydrogen) atoms. The predicted molar refractivity (Wildman–Crippen MR) is 94.8 cm³/mol. The summed E-state index contributed by atoms with van der Waals surface area (Å²) in [6.07, 6.45) is 1.38. The molecule has 1 aliphatic heterocycles. The Morgan fingerprint density at radius 3 is 2.12 bits per heavy atom. The van der Waals surface area contributed by atoms with Gasteiger partial charge in [0.1, 0.15) is 0 Å². The zero-order valence-corrected chi connectivity index (χ0v) is 15.9. The zero-order valence-electron chi connectivity index (χ0n) is 15.1. The van der Waals surface area contributed by atoms with Crippen LogP contribution in [0.4, 0.5) is 0 Å². The van der Waals surface area contributed by atoms with Gasteiger partial charge < -0.3 is 9.47 Å². The predicted octanol–water partition coefficient (Wildman–Crippen LogP) is 1.67. The Bertz CT molecular complexity index is 781. The number of aryl methyl sites for hydroxylation is 1. The highest BCUT2D eigenvalue weighted by Crippen LogP contribution is 2.44. The number of hydrogen-bond acceptors (Lipinski definition) is 6. The van der Waals surface area contributed by atoms with Crippen molar-refractivity contribution in [3.8, 4) is 0 Å². The number of rotatable bonds is 7. The van der Waals surface area contributed by atoms with Gasteiger partial charge in [-0.2, -0.15) is 4.31 Å². The maximum Gasteiger partial charge on any atom is 0.340 e. The van der Waals surface area contributed by atoms with Crippen molar-refractivity contribution in [2.75, 3.05) is 19.8 Å². The van der Waals surface area contributed by atoms with Crippen LogP contribution in [-0.2, 0) is 29.1 Å². The van der Waals surface area contributed by atoms with Crippen LogP contribution in [0.25, 0.3) is 0 Å². The van der Waals surface area contributed by atoms with E-state index < -0.39 is 33.4 Å². The fourth-order valence-corrected chi connectivity index (χ4v) is 4.72. The van der Waals surface area contributed by atoms with Crippen molar-refractivity contribution in [1.29, 1.82) is 0 Å². The lowest BCUT2D eigenvalue weighted by atomic mass is 9.76. The number of hydrogen-bond donors (Lipinski definition) is 0. The first kappa shape index (κ1) is 20.1. The summed E-state index contributed by atoms with van der Waals surface area (Å²) >= 11 is 0. The van der Waals surface area contributed by atoms with E-state index in [9.17, 15) is 18.0 Å². The van der Waals surface area contributed by atoms with E-state index in [4.69, 9.17) is 9.47 Å². The Balaban J connectivity index is 2.58. The van der Waals surface area contributed by atoms with E-state index in [0.29, 0.717) is 0 Å². The van der Waals surface area contributed by atoms with Gasteiger partial charge in [-0.25, -0.2) is 18.0 Å². The average molecular weight is 381 g/mol. The molecule has 0 aromatic heterocycles. The van der Waals surface area contributed by atoms with Crippen LogP contribution in [0.15, 0.2) is 41.8 Å². The first-order valence-electron chi connectivity index (χ1n) is 8.33. The summed E-state index contributed by atoms with van der Waals surface area (Å²) in [6, 6.07) is 6.17. The summed E-state index contributed by atoms with van der Waals surface area (Å²) in [5.74, 6) is -2.64. The Kier molecular flexibility index (Phi) is 5.87. The second-order valence-electron chi connectivity index (χ2n) is 5.90. The fourth-order valence-electron chi connectivity index (χ4n) is 2.97. The van der Waals surface area contributed by atoms with Crippen molar-refractivity contribution in [1.82, 2.24) is 4.31 Å². The van der Waals surface area contributed by atoms with Crippen molar-refractivity contribution < 1.29 is 27.5 Å². The Morgan fingerprint density at radius 1 is 1.19 bits per heavy atom. The van der Waals surface area contributed by atoms with Crippen molar-refractivity contribution in [2.45, 2.75) is 31.2 Å². The van der Waals surface area contributed by atoms with Crippen molar-refractivity contribution in [2.24, 2.45) is 5.92 Å². The molecule has 0 aliphatic carbocycles. The summed E-state index contributed by atoms with van der Waals surface area (Å²) in [4.78, 5) is 25.4. The highest BCUT2D eigenvalue weighted by Gasteiger charge is 2.69. The minimum atomic E-state index is -4.11. The second kappa shape index (κ2) is 7.59. The third kappa shape index (κ3) is 3.03. The van der Waals surface area contributed by atoms with Gasteiger partial charge in [0.05, 0.1) is 18.1 Å². The number of nitrogens with zero attached hydrogens (tertiary/aromatic N) is 1. The third-order valence-electron chi connectivity index (χ3n) is 4.36. The fraction of sp³-hybridized carbons (Fsp3) is 0.444. The quantitative estimate of drug-likeness (QED) is 0.405. The molecule has 1 aromatic rings. The van der Waals surface area contributed by atoms with E-state index in [-0.39, 0.29) is 24.7 Å². The topological polar surface area (TPSA) is 90.0 Å². The number of carbonyl (C=O) groups excluding carboxylic acids is 2. The van der Waals surface area contributed by atoms with Gasteiger partial charge in [0.15, 0.2) is 0 Å². The molecule has 0 radical (unpaired) electrons. The van der Waals surface area contributed by atoms with Crippen LogP contribution in [0.1, 0.15) is 19.4 Å². The molecule has 1 heterocycles. The lowest BCUT2D eigenvalue weighted by Crippen LogP contribution is -2.76. The summed E-state index contributed by atoms with van der Waals surface area (Å²) in [5, 5.41) is 0. The van der Waals surface area contributed by atoms with Gasteiger partial charge in [-0.3, -0.25) is 0 Å². The van der Waals surface area contributed by atoms with Gasteiger partial charge in [-0.05, 0) is 32.9 Å². The molecule has 0 spiro atoms. The molecule has 1 fully saturated rings. The van der Waals surface area contributed by atoms with E-state index in [1.165, 1.54) is 18.2 Å². The van der Waals surface area contributed by atoms with Gasteiger partial charge in [0.2, 0.25) is 15.6 Å². The third-order valence-corrected chi connectivity index (χ3v) is 6.24. The lowest BCUT2D eigenvalue weighted by Gasteiger charge is -2.51.